The molecule has 31 heavy (non-hydrogen) atoms. The van der Waals surface area contributed by atoms with E-state index in [4.69, 9.17) is 0 Å². The molecule has 9 nitrogen and oxygen atoms in total. The molecule has 1 heterocycles. The number of urea groups is 1. The highest BCUT2D eigenvalue weighted by Crippen LogP contribution is 2.26. The molecule has 3 rings (SSSR count). The van der Waals surface area contributed by atoms with Crippen molar-refractivity contribution >= 4 is 27.6 Å². The van der Waals surface area contributed by atoms with Crippen molar-refractivity contribution in [1.82, 2.24) is 19.8 Å². The molecule has 0 atom stereocenters. The molecule has 1 aliphatic carbocycles. The summed E-state index contributed by atoms with van der Waals surface area (Å²) >= 11 is 0. The predicted octanol–water partition coefficient (Wildman–Crippen LogP) is 1.68. The molecule has 3 N–H and O–H groups in total. The van der Waals surface area contributed by atoms with Crippen molar-refractivity contribution in [2.45, 2.75) is 37.0 Å². The first-order valence-corrected chi connectivity index (χ1v) is 12.3. The molecule has 172 valence electrons. The second-order valence-electron chi connectivity index (χ2n) is 8.39. The van der Waals surface area contributed by atoms with Gasteiger partial charge in [0.2, 0.25) is 10.0 Å². The molecule has 2 aliphatic rings. The van der Waals surface area contributed by atoms with Gasteiger partial charge in [0.15, 0.2) is 0 Å². The first-order chi connectivity index (χ1) is 14.8. The van der Waals surface area contributed by atoms with Gasteiger partial charge in [0.25, 0.3) is 5.91 Å². The Morgan fingerprint density at radius 3 is 2.58 bits per heavy atom. The van der Waals surface area contributed by atoms with Crippen molar-refractivity contribution in [3.63, 3.8) is 0 Å². The molecule has 2 fully saturated rings. The fourth-order valence-electron chi connectivity index (χ4n) is 3.98. The molecule has 1 aliphatic heterocycles. The zero-order valence-electron chi connectivity index (χ0n) is 18.3. The number of nitrogens with one attached hydrogen (secondary N) is 3. The fourth-order valence-corrected chi connectivity index (χ4v) is 4.95. The molecule has 1 saturated heterocycles. The largest absolute Gasteiger partial charge is 0.385 e. The number of rotatable bonds is 9. The van der Waals surface area contributed by atoms with Crippen molar-refractivity contribution in [3.8, 4) is 0 Å². The summed E-state index contributed by atoms with van der Waals surface area (Å²) in [4.78, 5) is 26.1. The van der Waals surface area contributed by atoms with E-state index < -0.39 is 10.0 Å². The lowest BCUT2D eigenvalue weighted by molar-refractivity contribution is 0.0950. The van der Waals surface area contributed by atoms with Crippen LogP contribution < -0.4 is 16.0 Å². The summed E-state index contributed by atoms with van der Waals surface area (Å²) in [5, 5.41) is 8.85. The van der Waals surface area contributed by atoms with Gasteiger partial charge in [0.05, 0.1) is 4.90 Å². The van der Waals surface area contributed by atoms with E-state index in [1.807, 2.05) is 0 Å². The van der Waals surface area contributed by atoms with Gasteiger partial charge in [0, 0.05) is 58.1 Å². The van der Waals surface area contributed by atoms with Crippen molar-refractivity contribution < 1.29 is 18.0 Å². The van der Waals surface area contributed by atoms with Gasteiger partial charge in [-0.2, -0.15) is 0 Å². The van der Waals surface area contributed by atoms with Crippen molar-refractivity contribution in [2.75, 3.05) is 52.1 Å². The maximum absolute atomic E-state index is 12.7. The number of sulfonamides is 1. The van der Waals surface area contributed by atoms with Crippen LogP contribution in [0.4, 0.5) is 10.5 Å². The number of carbonyl (C=O) groups excluding carboxylic acids is 2. The first-order valence-electron chi connectivity index (χ1n) is 10.9. The molecular formula is C21H33N5O4S. The third-order valence-corrected chi connectivity index (χ3v) is 7.67. The minimum atomic E-state index is -3.69. The molecule has 0 unspecified atom stereocenters. The Morgan fingerprint density at radius 1 is 1.19 bits per heavy atom. The second-order valence-corrected chi connectivity index (χ2v) is 10.5. The van der Waals surface area contributed by atoms with Gasteiger partial charge in [-0.05, 0) is 37.0 Å². The molecule has 0 aromatic heterocycles. The predicted molar refractivity (Wildman–Crippen MR) is 120 cm³/mol. The Bertz CT molecular complexity index is 897. The maximum Gasteiger partial charge on any atom is 0.317 e. The summed E-state index contributed by atoms with van der Waals surface area (Å²) in [6, 6.07) is 4.54. The Kier molecular flexibility index (Phi) is 7.77. The highest BCUT2D eigenvalue weighted by Gasteiger charge is 2.22. The van der Waals surface area contributed by atoms with Crippen molar-refractivity contribution in [1.29, 1.82) is 0 Å². The average molecular weight is 452 g/mol. The summed E-state index contributed by atoms with van der Waals surface area (Å²) in [6.45, 7) is 2.67. The molecule has 0 spiro atoms. The van der Waals surface area contributed by atoms with E-state index >= 15 is 0 Å². The van der Waals surface area contributed by atoms with Gasteiger partial charge in [-0.15, -0.1) is 0 Å². The monoisotopic (exact) mass is 451 g/mol. The van der Waals surface area contributed by atoms with Crippen LogP contribution in [0.15, 0.2) is 23.1 Å². The molecular weight excluding hydrogens is 418 g/mol. The van der Waals surface area contributed by atoms with E-state index in [9.17, 15) is 18.0 Å². The normalized spacial score (nSPS) is 17.6. The van der Waals surface area contributed by atoms with E-state index in [1.165, 1.54) is 52.3 Å². The fraction of sp³-hybridized carbons (Fsp3) is 0.619. The Hall–Kier alpha value is -2.33. The van der Waals surface area contributed by atoms with Crippen LogP contribution in [0.5, 0.6) is 0 Å². The highest BCUT2D eigenvalue weighted by atomic mass is 32.2. The molecule has 1 aromatic carbocycles. The molecule has 1 saturated carbocycles. The zero-order chi connectivity index (χ0) is 22.4. The summed E-state index contributed by atoms with van der Waals surface area (Å²) in [6.07, 6.45) is 6.06. The van der Waals surface area contributed by atoms with E-state index in [0.29, 0.717) is 37.8 Å². The van der Waals surface area contributed by atoms with Gasteiger partial charge in [-0.25, -0.2) is 17.5 Å². The van der Waals surface area contributed by atoms with Crippen LogP contribution in [0, 0.1) is 5.92 Å². The lowest BCUT2D eigenvalue weighted by atomic mass is 9.89. The van der Waals surface area contributed by atoms with Gasteiger partial charge < -0.3 is 20.9 Å². The van der Waals surface area contributed by atoms with Gasteiger partial charge in [0.1, 0.15) is 0 Å². The quantitative estimate of drug-likeness (QED) is 0.529. The number of benzene rings is 1. The van der Waals surface area contributed by atoms with Crippen molar-refractivity contribution in [2.24, 2.45) is 5.92 Å². The molecule has 3 amide bonds. The third-order valence-electron chi connectivity index (χ3n) is 5.88. The molecule has 0 bridgehead atoms. The summed E-state index contributed by atoms with van der Waals surface area (Å²) in [5.74, 6) is 0.197. The summed E-state index contributed by atoms with van der Waals surface area (Å²) in [7, 11) is -0.746. The Morgan fingerprint density at radius 2 is 1.94 bits per heavy atom. The summed E-state index contributed by atoms with van der Waals surface area (Å²) in [5.41, 5.74) is 0.900. The highest BCUT2D eigenvalue weighted by molar-refractivity contribution is 7.89. The molecule has 10 heteroatoms. The standard InChI is InChI=1S/C21H33N5O4S/c1-25(2)31(29,30)19-13-17(20(27)22-8-10-26-11-9-23-21(26)28)12-18(14-19)24-15-16-6-4-3-5-7-16/h12-14,16,24H,3-11,15H2,1-2H3,(H,22,27)(H,23,28). The van der Waals surface area contributed by atoms with E-state index in [-0.39, 0.29) is 22.4 Å². The van der Waals surface area contributed by atoms with Crippen LogP contribution >= 0.6 is 0 Å². The van der Waals surface area contributed by atoms with E-state index in [2.05, 4.69) is 16.0 Å². The van der Waals surface area contributed by atoms with Crippen LogP contribution in [0.1, 0.15) is 42.5 Å². The van der Waals surface area contributed by atoms with E-state index in [0.717, 1.165) is 10.8 Å². The van der Waals surface area contributed by atoms with E-state index in [1.54, 1.807) is 17.0 Å². The lowest BCUT2D eigenvalue weighted by Gasteiger charge is -2.23. The molecule has 0 radical (unpaired) electrons. The number of hydrogen-bond donors (Lipinski definition) is 3. The number of amides is 3. The van der Waals surface area contributed by atoms with Gasteiger partial charge in [-0.1, -0.05) is 19.3 Å². The topological polar surface area (TPSA) is 111 Å². The first kappa shape index (κ1) is 23.3. The van der Waals surface area contributed by atoms with Crippen LogP contribution in [0.25, 0.3) is 0 Å². The Balaban J connectivity index is 1.72. The second kappa shape index (κ2) is 10.3. The van der Waals surface area contributed by atoms with Gasteiger partial charge >= 0.3 is 6.03 Å². The SMILES string of the molecule is CN(C)S(=O)(=O)c1cc(NCC2CCCCC2)cc(C(=O)NCCN2CCNC2=O)c1. The minimum Gasteiger partial charge on any atom is -0.385 e. The Labute approximate surface area is 184 Å². The lowest BCUT2D eigenvalue weighted by Crippen LogP contribution is -2.36. The maximum atomic E-state index is 12.7. The zero-order valence-corrected chi connectivity index (χ0v) is 19.1. The van der Waals surface area contributed by atoms with Crippen LogP contribution in [-0.4, -0.2) is 76.4 Å². The van der Waals surface area contributed by atoms with Crippen LogP contribution in [0.2, 0.25) is 0 Å². The average Bonchev–Trinajstić information content (AvgIpc) is 3.17. The van der Waals surface area contributed by atoms with Crippen LogP contribution in [0.3, 0.4) is 0 Å². The van der Waals surface area contributed by atoms with Gasteiger partial charge in [-0.3, -0.25) is 4.79 Å². The third kappa shape index (κ3) is 6.10. The number of carbonyl (C=O) groups is 2. The van der Waals surface area contributed by atoms with Crippen molar-refractivity contribution in [3.05, 3.63) is 23.8 Å². The number of nitrogens with zero attached hydrogens (tertiary/aromatic N) is 2. The number of hydrogen-bond acceptors (Lipinski definition) is 5. The van der Waals surface area contributed by atoms with Crippen LogP contribution in [-0.2, 0) is 10.0 Å². The number of anilines is 1. The summed E-state index contributed by atoms with van der Waals surface area (Å²) < 4.78 is 26.5. The minimum absolute atomic E-state index is 0.0789. The molecule has 1 aromatic rings. The smallest absolute Gasteiger partial charge is 0.317 e.